The number of aromatic nitrogens is 3. The average Bonchev–Trinajstić information content (AvgIpc) is 3.76. The van der Waals surface area contributed by atoms with Gasteiger partial charge in [-0.25, -0.2) is 9.78 Å². The Labute approximate surface area is 361 Å². The molecule has 5 heterocycles. The molecule has 0 spiro atoms. The standard InChI is InChI=1S/C44H61N9O7S/c1-10-51-36-12-11-27(35-24-61-37(46-35)20-34(47-42(56)60-43(3,4)5)41(55)52-23-28-18-30(28)40(48-52)53(57)58)17-31(36)33(21-44(6,7)25-54)39(51)32-19-29(22-45-38(32)26(2)59-9)50-15-13-49(8)14-16-50/h11-12,17,19,22,24,26,28,30,34,40,48,54H,10,13-16,18,20-21,23,25H2,1-9H3,(H,47,56)/t26-,28-,30-,34-,40+/m0/s1. The van der Waals surface area contributed by atoms with Gasteiger partial charge in [0.15, 0.2) is 0 Å². The summed E-state index contributed by atoms with van der Waals surface area (Å²) in [5.41, 5.74) is 9.26. The number of piperazine rings is 1. The van der Waals surface area contributed by atoms with Crippen LogP contribution >= 0.6 is 11.3 Å². The first-order valence-electron chi connectivity index (χ1n) is 21.3. The number of hydrogen-bond acceptors (Lipinski definition) is 13. The molecule has 2 aliphatic heterocycles. The summed E-state index contributed by atoms with van der Waals surface area (Å²) in [6.07, 6.45) is 1.19. The van der Waals surface area contributed by atoms with Crippen LogP contribution in [0.1, 0.15) is 77.3 Å². The Balaban J connectivity index is 1.26. The van der Waals surface area contributed by atoms with Crippen LogP contribution in [0.2, 0.25) is 0 Å². The molecule has 16 nitrogen and oxygen atoms in total. The van der Waals surface area contributed by atoms with Gasteiger partial charge in [-0.05, 0) is 89.6 Å². The molecule has 1 aliphatic carbocycles. The van der Waals surface area contributed by atoms with E-state index in [1.807, 2.05) is 18.5 Å². The van der Waals surface area contributed by atoms with Crippen LogP contribution in [0.25, 0.3) is 33.4 Å². The highest BCUT2D eigenvalue weighted by molar-refractivity contribution is 7.10. The molecule has 5 atom stereocenters. The minimum atomic E-state index is -1.08. The summed E-state index contributed by atoms with van der Waals surface area (Å²) < 4.78 is 13.8. The van der Waals surface area contributed by atoms with Gasteiger partial charge in [-0.1, -0.05) is 19.9 Å². The third-order valence-electron chi connectivity index (χ3n) is 12.1. The Morgan fingerprint density at radius 1 is 1.15 bits per heavy atom. The molecule has 0 bridgehead atoms. The monoisotopic (exact) mass is 859 g/mol. The molecule has 4 aromatic rings. The summed E-state index contributed by atoms with van der Waals surface area (Å²) >= 11 is 1.38. The molecule has 3 fully saturated rings. The molecule has 61 heavy (non-hydrogen) atoms. The second-order valence-corrected chi connectivity index (χ2v) is 19.5. The number of hydrogen-bond donors (Lipinski definition) is 3. The lowest BCUT2D eigenvalue weighted by molar-refractivity contribution is -0.542. The number of methoxy groups -OCH3 is 1. The molecule has 2 saturated heterocycles. The van der Waals surface area contributed by atoms with E-state index in [1.165, 1.54) is 16.3 Å². The van der Waals surface area contributed by atoms with Crippen molar-refractivity contribution < 1.29 is 29.1 Å². The molecule has 7 rings (SSSR count). The number of amides is 2. The van der Waals surface area contributed by atoms with Crippen molar-refractivity contribution in [2.45, 2.75) is 98.2 Å². The number of nitrogens with one attached hydrogen (secondary N) is 2. The lowest BCUT2D eigenvalue weighted by Crippen LogP contribution is -2.61. The Kier molecular flexibility index (Phi) is 12.8. The van der Waals surface area contributed by atoms with Crippen molar-refractivity contribution in [1.82, 2.24) is 35.2 Å². The van der Waals surface area contributed by atoms with Gasteiger partial charge in [0, 0.05) is 97.7 Å². The summed E-state index contributed by atoms with van der Waals surface area (Å²) in [6.45, 7) is 18.3. The van der Waals surface area contributed by atoms with Gasteiger partial charge < -0.3 is 34.3 Å². The molecule has 3 aromatic heterocycles. The van der Waals surface area contributed by atoms with E-state index >= 15 is 0 Å². The minimum absolute atomic E-state index is 0.000610. The van der Waals surface area contributed by atoms with E-state index in [0.29, 0.717) is 36.6 Å². The summed E-state index contributed by atoms with van der Waals surface area (Å²) in [6, 6.07) is 7.51. The zero-order valence-electron chi connectivity index (χ0n) is 36.9. The number of pyridine rings is 1. The van der Waals surface area contributed by atoms with E-state index in [-0.39, 0.29) is 35.9 Å². The van der Waals surface area contributed by atoms with Crippen LogP contribution in [0.3, 0.4) is 0 Å². The van der Waals surface area contributed by atoms with Crippen molar-refractivity contribution >= 4 is 39.9 Å². The molecule has 1 saturated carbocycles. The number of benzene rings is 1. The first-order valence-corrected chi connectivity index (χ1v) is 22.2. The van der Waals surface area contributed by atoms with Crippen LogP contribution in [0.5, 0.6) is 0 Å². The predicted molar refractivity (Wildman–Crippen MR) is 236 cm³/mol. The second kappa shape index (κ2) is 17.6. The number of nitrogens with zero attached hydrogens (tertiary/aromatic N) is 7. The molecule has 0 radical (unpaired) electrons. The molecule has 17 heteroatoms. The number of aliphatic hydroxyl groups is 1. The number of rotatable bonds is 14. The van der Waals surface area contributed by atoms with Gasteiger partial charge in [0.1, 0.15) is 11.6 Å². The summed E-state index contributed by atoms with van der Waals surface area (Å²) in [5.74, 6) is -0.568. The Morgan fingerprint density at radius 3 is 2.54 bits per heavy atom. The van der Waals surface area contributed by atoms with E-state index < -0.39 is 35.2 Å². The van der Waals surface area contributed by atoms with Gasteiger partial charge in [0.25, 0.3) is 12.1 Å². The molecule has 3 aliphatic rings. The van der Waals surface area contributed by atoms with Crippen LogP contribution in [0.15, 0.2) is 35.8 Å². The minimum Gasteiger partial charge on any atom is -0.444 e. The van der Waals surface area contributed by atoms with Gasteiger partial charge in [0.2, 0.25) is 0 Å². The second-order valence-electron chi connectivity index (χ2n) is 18.6. The number of anilines is 1. The highest BCUT2D eigenvalue weighted by atomic mass is 32.1. The first kappa shape index (κ1) is 44.4. The van der Waals surface area contributed by atoms with E-state index in [0.717, 1.165) is 70.8 Å². The van der Waals surface area contributed by atoms with Crippen molar-refractivity contribution in [3.05, 3.63) is 62.2 Å². The molecule has 330 valence electrons. The molecular weight excluding hydrogens is 799 g/mol. The number of carbonyl (C=O) groups excluding carboxylic acids is 2. The third kappa shape index (κ3) is 9.70. The Hall–Kier alpha value is -4.68. The maximum atomic E-state index is 14.0. The average molecular weight is 860 g/mol. The van der Waals surface area contributed by atoms with E-state index in [4.69, 9.17) is 19.4 Å². The van der Waals surface area contributed by atoms with Crippen LogP contribution in [-0.4, -0.2) is 118 Å². The van der Waals surface area contributed by atoms with Crippen LogP contribution in [0, 0.1) is 27.4 Å². The zero-order chi connectivity index (χ0) is 44.0. The Bertz CT molecular complexity index is 2260. The fourth-order valence-electron chi connectivity index (χ4n) is 8.58. The van der Waals surface area contributed by atoms with Crippen molar-refractivity contribution in [3.63, 3.8) is 0 Å². The molecular formula is C44H61N9O7S. The number of aliphatic hydroxyl groups excluding tert-OH is 1. The third-order valence-corrected chi connectivity index (χ3v) is 13.0. The van der Waals surface area contributed by atoms with Crippen molar-refractivity contribution in [1.29, 1.82) is 0 Å². The quantitative estimate of drug-likeness (QED) is 0.101. The number of aryl methyl sites for hydroxylation is 1. The van der Waals surface area contributed by atoms with Crippen LogP contribution < -0.4 is 15.6 Å². The van der Waals surface area contributed by atoms with E-state index in [1.54, 1.807) is 27.9 Å². The van der Waals surface area contributed by atoms with Gasteiger partial charge in [-0.15, -0.1) is 11.3 Å². The number of hydrazine groups is 1. The zero-order valence-corrected chi connectivity index (χ0v) is 37.7. The smallest absolute Gasteiger partial charge is 0.408 e. The number of fused-ring (bicyclic) bond motifs is 2. The molecule has 2 amide bonds. The van der Waals surface area contributed by atoms with Gasteiger partial charge in [0.05, 0.1) is 40.1 Å². The SMILES string of the molecule is CCn1c(-c2cc(N3CCN(C)CC3)cnc2[C@H](C)OC)c(CC(C)(C)CO)c2cc(-c3csc(C[C@H](NC(=O)OC(C)(C)C)C(=O)N4C[C@@H]5C[C@@H]5[C@@H]([N+](=O)[O-])N4)n3)ccc21. The lowest BCUT2D eigenvalue weighted by Gasteiger charge is -2.34. The van der Waals surface area contributed by atoms with E-state index in [2.05, 4.69) is 77.2 Å². The number of thiazole rings is 1. The highest BCUT2D eigenvalue weighted by Crippen LogP contribution is 2.45. The molecule has 1 aromatic carbocycles. The summed E-state index contributed by atoms with van der Waals surface area (Å²) in [4.78, 5) is 53.3. The normalized spacial score (nSPS) is 20.7. The fraction of sp³-hybridized carbons (Fsp3) is 0.591. The Morgan fingerprint density at radius 2 is 1.89 bits per heavy atom. The van der Waals surface area contributed by atoms with E-state index in [9.17, 15) is 24.8 Å². The van der Waals surface area contributed by atoms with Crippen molar-refractivity contribution in [2.24, 2.45) is 17.3 Å². The number of alkyl carbamates (subject to hydrolysis) is 1. The van der Waals surface area contributed by atoms with Crippen molar-refractivity contribution in [3.8, 4) is 22.5 Å². The number of likely N-dealkylation sites (N-methyl/N-ethyl adjacent to an activating group) is 1. The largest absolute Gasteiger partial charge is 0.444 e. The van der Waals surface area contributed by atoms with Crippen LogP contribution in [-0.2, 0) is 33.7 Å². The molecule has 3 N–H and O–H groups in total. The first-order chi connectivity index (χ1) is 28.9. The number of ether oxygens (including phenoxy) is 2. The number of carbonyl (C=O) groups is 2. The maximum absolute atomic E-state index is 14.0. The van der Waals surface area contributed by atoms with Gasteiger partial charge in [-0.3, -0.25) is 24.9 Å². The maximum Gasteiger partial charge on any atom is 0.408 e. The topological polar surface area (TPSA) is 180 Å². The van der Waals surface area contributed by atoms with Crippen LogP contribution in [0.4, 0.5) is 10.5 Å². The highest BCUT2D eigenvalue weighted by Gasteiger charge is 2.55. The fourth-order valence-corrected chi connectivity index (χ4v) is 9.43. The predicted octanol–water partition coefficient (Wildman–Crippen LogP) is 5.89. The number of nitro groups is 1. The van der Waals surface area contributed by atoms with Gasteiger partial charge >= 0.3 is 6.09 Å². The lowest BCUT2D eigenvalue weighted by atomic mass is 9.84. The molecule has 0 unspecified atom stereocenters. The summed E-state index contributed by atoms with van der Waals surface area (Å²) in [5, 5.41) is 30.0. The van der Waals surface area contributed by atoms with Crippen molar-refractivity contribution in [2.75, 3.05) is 58.4 Å². The van der Waals surface area contributed by atoms with Gasteiger partial charge in [-0.2, -0.15) is 5.43 Å². The summed E-state index contributed by atoms with van der Waals surface area (Å²) in [7, 11) is 3.85.